The number of hydrogen-bond donors (Lipinski definition) is 1. The molecule has 0 saturated carbocycles. The van der Waals surface area contributed by atoms with Gasteiger partial charge in [0.1, 0.15) is 6.33 Å². The van der Waals surface area contributed by atoms with Crippen LogP contribution in [0.25, 0.3) is 0 Å². The topological polar surface area (TPSA) is 73.8 Å². The minimum Gasteiger partial charge on any atom is -0.330 e. The molecule has 5 heteroatoms. The molecule has 0 fully saturated rings. The summed E-state index contributed by atoms with van der Waals surface area (Å²) in [5.41, 5.74) is 5.59. The highest BCUT2D eigenvalue weighted by Crippen LogP contribution is 2.18. The predicted octanol–water partition coefficient (Wildman–Crippen LogP) is 2.03. The lowest BCUT2D eigenvalue weighted by Gasteiger charge is -2.14. The molecule has 1 aromatic heterocycles. The Morgan fingerprint density at radius 3 is 2.78 bits per heavy atom. The maximum absolute atomic E-state index is 12.0. The first kappa shape index (κ1) is 14.8. The summed E-state index contributed by atoms with van der Waals surface area (Å²) < 4.78 is 1.65. The molecule has 0 aliphatic rings. The third-order valence-electron chi connectivity index (χ3n) is 3.22. The van der Waals surface area contributed by atoms with Gasteiger partial charge in [0.25, 0.3) is 0 Å². The molecule has 1 unspecified atom stereocenters. The lowest BCUT2D eigenvalue weighted by Crippen LogP contribution is -2.14. The third-order valence-corrected chi connectivity index (χ3v) is 3.22. The monoisotopic (exact) mass is 252 g/mol. The van der Waals surface area contributed by atoms with Crippen LogP contribution in [0.15, 0.2) is 6.33 Å². The molecule has 1 atom stereocenters. The summed E-state index contributed by atoms with van der Waals surface area (Å²) in [6, 6.07) is 0. The number of carbonyl (C=O) groups excluding carboxylic acids is 1. The Morgan fingerprint density at radius 2 is 2.17 bits per heavy atom. The van der Waals surface area contributed by atoms with Crippen molar-refractivity contribution < 1.29 is 4.79 Å². The zero-order valence-corrected chi connectivity index (χ0v) is 11.4. The smallest absolute Gasteiger partial charge is 0.199 e. The summed E-state index contributed by atoms with van der Waals surface area (Å²) in [7, 11) is 0. The van der Waals surface area contributed by atoms with Crippen LogP contribution in [0.3, 0.4) is 0 Å². The van der Waals surface area contributed by atoms with Gasteiger partial charge >= 0.3 is 0 Å². The Bertz CT molecular complexity index is 356. The van der Waals surface area contributed by atoms with Crippen molar-refractivity contribution in [2.24, 2.45) is 11.7 Å². The van der Waals surface area contributed by atoms with E-state index >= 15 is 0 Å². The number of nitrogens with two attached hydrogens (primary N) is 1. The zero-order chi connectivity index (χ0) is 13.4. The molecule has 0 saturated heterocycles. The van der Waals surface area contributed by atoms with Crippen molar-refractivity contribution in [1.82, 2.24) is 14.8 Å². The van der Waals surface area contributed by atoms with E-state index in [1.165, 1.54) is 6.33 Å². The normalized spacial score (nSPS) is 12.6. The lowest BCUT2D eigenvalue weighted by atomic mass is 9.93. The van der Waals surface area contributed by atoms with Gasteiger partial charge in [0.15, 0.2) is 11.6 Å². The number of hydrogen-bond acceptors (Lipinski definition) is 4. The van der Waals surface area contributed by atoms with Crippen LogP contribution in [0, 0.1) is 5.92 Å². The molecule has 0 bridgehead atoms. The highest BCUT2D eigenvalue weighted by atomic mass is 16.1. The van der Waals surface area contributed by atoms with Crippen molar-refractivity contribution >= 4 is 5.78 Å². The second-order valence-electron chi connectivity index (χ2n) is 4.59. The van der Waals surface area contributed by atoms with E-state index in [2.05, 4.69) is 17.0 Å². The molecule has 0 radical (unpaired) electrons. The van der Waals surface area contributed by atoms with Crippen LogP contribution in [0.2, 0.25) is 0 Å². The van der Waals surface area contributed by atoms with E-state index in [1.54, 1.807) is 4.68 Å². The fourth-order valence-corrected chi connectivity index (χ4v) is 2.24. The van der Waals surface area contributed by atoms with E-state index in [0.29, 0.717) is 31.3 Å². The Balaban J connectivity index is 2.49. The first-order valence-electron chi connectivity index (χ1n) is 6.83. The average molecular weight is 252 g/mol. The number of Topliss-reactive ketones (excluding diaryl/α,β-unsaturated/α-hetero) is 1. The van der Waals surface area contributed by atoms with E-state index in [1.807, 2.05) is 6.92 Å². The summed E-state index contributed by atoms with van der Waals surface area (Å²) in [6.45, 7) is 5.51. The molecule has 5 nitrogen and oxygen atoms in total. The maximum Gasteiger partial charge on any atom is 0.199 e. The molecule has 2 N–H and O–H groups in total. The molecule has 1 aromatic rings. The summed E-state index contributed by atoms with van der Waals surface area (Å²) in [5.74, 6) is 1.13. The van der Waals surface area contributed by atoms with E-state index in [4.69, 9.17) is 5.73 Å². The number of carbonyl (C=O) groups is 1. The summed E-state index contributed by atoms with van der Waals surface area (Å²) in [6.07, 6.45) is 6.18. The van der Waals surface area contributed by atoms with E-state index in [9.17, 15) is 4.79 Å². The fraction of sp³-hybridized carbons (Fsp3) is 0.769. The van der Waals surface area contributed by atoms with Crippen molar-refractivity contribution in [2.45, 2.75) is 52.5 Å². The molecule has 1 rings (SSSR count). The minimum absolute atomic E-state index is 0.0903. The molecule has 0 spiro atoms. The van der Waals surface area contributed by atoms with Crippen molar-refractivity contribution in [2.75, 3.05) is 6.54 Å². The van der Waals surface area contributed by atoms with Gasteiger partial charge in [-0.25, -0.2) is 9.67 Å². The Kier molecular flexibility index (Phi) is 6.57. The van der Waals surface area contributed by atoms with Crippen LogP contribution in [0.4, 0.5) is 0 Å². The van der Waals surface area contributed by atoms with Gasteiger partial charge in [0, 0.05) is 13.0 Å². The molecule has 0 aromatic carbocycles. The number of aryl methyl sites for hydroxylation is 1. The SMILES string of the molecule is CCCC(CCN)CCC(=O)c1ncnn1CC. The van der Waals surface area contributed by atoms with Gasteiger partial charge in [-0.15, -0.1) is 0 Å². The molecule has 102 valence electrons. The Morgan fingerprint density at radius 1 is 1.39 bits per heavy atom. The van der Waals surface area contributed by atoms with E-state index < -0.39 is 0 Å². The van der Waals surface area contributed by atoms with Gasteiger partial charge < -0.3 is 5.73 Å². The first-order valence-corrected chi connectivity index (χ1v) is 6.83. The molecule has 0 aliphatic carbocycles. The minimum atomic E-state index is 0.0903. The zero-order valence-electron chi connectivity index (χ0n) is 11.4. The van der Waals surface area contributed by atoms with Crippen molar-refractivity contribution in [3.8, 4) is 0 Å². The van der Waals surface area contributed by atoms with Crippen molar-refractivity contribution in [3.63, 3.8) is 0 Å². The molecular weight excluding hydrogens is 228 g/mol. The van der Waals surface area contributed by atoms with Gasteiger partial charge in [-0.1, -0.05) is 19.8 Å². The molecule has 0 aliphatic heterocycles. The van der Waals surface area contributed by atoms with Crippen LogP contribution < -0.4 is 5.73 Å². The molecular formula is C13H24N4O. The quantitative estimate of drug-likeness (QED) is 0.682. The fourth-order valence-electron chi connectivity index (χ4n) is 2.24. The number of ketones is 1. The van der Waals surface area contributed by atoms with Crippen LogP contribution >= 0.6 is 0 Å². The number of nitrogens with zero attached hydrogens (tertiary/aromatic N) is 3. The second-order valence-corrected chi connectivity index (χ2v) is 4.59. The van der Waals surface area contributed by atoms with Crippen LogP contribution in [0.5, 0.6) is 0 Å². The van der Waals surface area contributed by atoms with Gasteiger partial charge in [0.05, 0.1) is 0 Å². The number of rotatable bonds is 9. The van der Waals surface area contributed by atoms with E-state index in [0.717, 1.165) is 25.7 Å². The largest absolute Gasteiger partial charge is 0.330 e. The Hall–Kier alpha value is -1.23. The maximum atomic E-state index is 12.0. The summed E-state index contributed by atoms with van der Waals surface area (Å²) in [4.78, 5) is 16.1. The molecule has 0 amide bonds. The second kappa shape index (κ2) is 7.97. The number of aromatic nitrogens is 3. The lowest BCUT2D eigenvalue weighted by molar-refractivity contribution is 0.0956. The standard InChI is InChI=1S/C13H24N4O/c1-3-5-11(8-9-14)6-7-12(18)13-15-10-16-17(13)4-2/h10-11H,3-9,14H2,1-2H3. The summed E-state index contributed by atoms with van der Waals surface area (Å²) >= 11 is 0. The van der Waals surface area contributed by atoms with Crippen molar-refractivity contribution in [3.05, 3.63) is 12.2 Å². The summed E-state index contributed by atoms with van der Waals surface area (Å²) in [5, 5.41) is 4.02. The van der Waals surface area contributed by atoms with E-state index in [-0.39, 0.29) is 5.78 Å². The first-order chi connectivity index (χ1) is 8.72. The average Bonchev–Trinajstić information content (AvgIpc) is 2.84. The highest BCUT2D eigenvalue weighted by molar-refractivity contribution is 5.92. The third kappa shape index (κ3) is 4.22. The van der Waals surface area contributed by atoms with Crippen LogP contribution in [0.1, 0.15) is 56.6 Å². The molecule has 18 heavy (non-hydrogen) atoms. The molecule has 1 heterocycles. The van der Waals surface area contributed by atoms with Gasteiger partial charge in [-0.05, 0) is 32.2 Å². The highest BCUT2D eigenvalue weighted by Gasteiger charge is 2.15. The Labute approximate surface area is 109 Å². The van der Waals surface area contributed by atoms with Crippen molar-refractivity contribution in [1.29, 1.82) is 0 Å². The van der Waals surface area contributed by atoms with Gasteiger partial charge in [-0.2, -0.15) is 5.10 Å². The van der Waals surface area contributed by atoms with Crippen LogP contribution in [-0.4, -0.2) is 27.1 Å². The predicted molar refractivity (Wildman–Crippen MR) is 71.3 cm³/mol. The van der Waals surface area contributed by atoms with Gasteiger partial charge in [-0.3, -0.25) is 4.79 Å². The van der Waals surface area contributed by atoms with Crippen LogP contribution in [-0.2, 0) is 6.54 Å². The van der Waals surface area contributed by atoms with Gasteiger partial charge in [0.2, 0.25) is 0 Å².